The number of aromatic nitrogens is 1. The maximum atomic E-state index is 11.7. The van der Waals surface area contributed by atoms with Crippen LogP contribution >= 0.6 is 0 Å². The van der Waals surface area contributed by atoms with Gasteiger partial charge in [0, 0.05) is 45.0 Å². The average molecular weight is 370 g/mol. The van der Waals surface area contributed by atoms with Crippen molar-refractivity contribution in [3.05, 3.63) is 34.7 Å². The topological polar surface area (TPSA) is 118 Å². The zero-order valence-corrected chi connectivity index (χ0v) is 14.6. The predicted octanol–water partition coefficient (Wildman–Crippen LogP) is -1.49. The molecule has 0 spiro atoms. The van der Waals surface area contributed by atoms with Crippen LogP contribution in [0.1, 0.15) is 12.8 Å². The van der Waals surface area contributed by atoms with Crippen LogP contribution < -0.4 is 16.2 Å². The summed E-state index contributed by atoms with van der Waals surface area (Å²) in [6.45, 7) is 1.40. The summed E-state index contributed by atoms with van der Waals surface area (Å²) in [7, 11) is -3.20. The Balaban J connectivity index is 1.63. The quantitative estimate of drug-likeness (QED) is 0.448. The second kappa shape index (κ2) is 8.77. The van der Waals surface area contributed by atoms with E-state index in [9.17, 15) is 22.8 Å². The van der Waals surface area contributed by atoms with Crippen LogP contribution in [0.15, 0.2) is 29.2 Å². The van der Waals surface area contributed by atoms with Crippen molar-refractivity contribution < 1.29 is 18.0 Å². The number of rotatable bonds is 7. The van der Waals surface area contributed by atoms with Gasteiger partial charge in [0.2, 0.25) is 15.6 Å². The van der Waals surface area contributed by atoms with Gasteiger partial charge in [-0.1, -0.05) is 6.07 Å². The van der Waals surface area contributed by atoms with E-state index in [1.807, 2.05) is 0 Å². The van der Waals surface area contributed by atoms with Gasteiger partial charge in [-0.2, -0.15) is 0 Å². The molecule has 0 saturated carbocycles. The number of pyridine rings is 1. The lowest BCUT2D eigenvalue weighted by molar-refractivity contribution is -0.139. The van der Waals surface area contributed by atoms with Crippen molar-refractivity contribution in [3.63, 3.8) is 0 Å². The normalized spacial score (nSPS) is 16.5. The number of hydrogen-bond acceptors (Lipinski definition) is 5. The van der Waals surface area contributed by atoms with Crippen LogP contribution in [-0.2, 0) is 26.2 Å². The van der Waals surface area contributed by atoms with E-state index < -0.39 is 21.8 Å². The van der Waals surface area contributed by atoms with Gasteiger partial charge in [-0.3, -0.25) is 14.4 Å². The fourth-order valence-corrected chi connectivity index (χ4v) is 4.02. The first kappa shape index (κ1) is 19.1. The number of sulfonamides is 1. The molecular weight excluding hydrogens is 348 g/mol. The predicted molar refractivity (Wildman–Crippen MR) is 91.3 cm³/mol. The Bertz CT molecular complexity index is 774. The molecule has 9 nitrogen and oxygen atoms in total. The van der Waals surface area contributed by atoms with Crippen molar-refractivity contribution in [2.45, 2.75) is 19.4 Å². The highest BCUT2D eigenvalue weighted by Gasteiger charge is 2.27. The monoisotopic (exact) mass is 370 g/mol. The highest BCUT2D eigenvalue weighted by atomic mass is 32.2. The fraction of sp³-hybridized carbons (Fsp3) is 0.533. The van der Waals surface area contributed by atoms with Gasteiger partial charge in [-0.05, 0) is 18.9 Å². The van der Waals surface area contributed by atoms with Crippen LogP contribution in [0.2, 0.25) is 0 Å². The highest BCUT2D eigenvalue weighted by Crippen LogP contribution is 2.11. The molecule has 1 aliphatic rings. The minimum absolute atomic E-state index is 0.0882. The van der Waals surface area contributed by atoms with Crippen LogP contribution in [0.4, 0.5) is 0 Å². The van der Waals surface area contributed by atoms with Gasteiger partial charge in [-0.15, -0.1) is 0 Å². The summed E-state index contributed by atoms with van der Waals surface area (Å²) in [5.41, 5.74) is -0.122. The number of aryl methyl sites for hydroxylation is 1. The Morgan fingerprint density at radius 1 is 1.08 bits per heavy atom. The molecule has 0 unspecified atom stereocenters. The molecule has 10 heteroatoms. The molecule has 2 heterocycles. The third kappa shape index (κ3) is 5.68. The van der Waals surface area contributed by atoms with Crippen LogP contribution in [0.3, 0.4) is 0 Å². The van der Waals surface area contributed by atoms with E-state index in [2.05, 4.69) is 10.6 Å². The standard InChI is InChI=1S/C15H22N4O5S/c20-13-5-1-2-8-18(13)9-3-6-16-14(21)15(22)17-7-11-19-10-4-12-25(19,23)24/h1-2,5,8H,3-4,6-7,9-12H2,(H,16,21)(H,17,22). The number of carbonyl (C=O) groups is 2. The summed E-state index contributed by atoms with van der Waals surface area (Å²) in [4.78, 5) is 34.8. The molecule has 138 valence electrons. The molecule has 1 aromatic rings. The Kier molecular flexibility index (Phi) is 6.71. The number of nitrogens with one attached hydrogen (secondary N) is 2. The lowest BCUT2D eigenvalue weighted by Crippen LogP contribution is -2.43. The molecule has 1 saturated heterocycles. The number of amides is 2. The van der Waals surface area contributed by atoms with Crippen LogP contribution in [0.5, 0.6) is 0 Å². The maximum absolute atomic E-state index is 11.7. The third-order valence-electron chi connectivity index (χ3n) is 3.82. The summed E-state index contributed by atoms with van der Waals surface area (Å²) in [6, 6.07) is 4.85. The molecule has 1 aliphatic heterocycles. The molecule has 25 heavy (non-hydrogen) atoms. The third-order valence-corrected chi connectivity index (χ3v) is 5.77. The van der Waals surface area contributed by atoms with Crippen LogP contribution in [-0.4, -0.2) is 61.0 Å². The van der Waals surface area contributed by atoms with Crippen LogP contribution in [0.25, 0.3) is 0 Å². The SMILES string of the molecule is O=C(NCCCn1ccccc1=O)C(=O)NCCN1CCCS1(=O)=O. The maximum Gasteiger partial charge on any atom is 0.309 e. The summed E-state index contributed by atoms with van der Waals surface area (Å²) >= 11 is 0. The molecule has 2 amide bonds. The van der Waals surface area contributed by atoms with Gasteiger partial charge >= 0.3 is 11.8 Å². The van der Waals surface area contributed by atoms with Crippen molar-refractivity contribution in [2.75, 3.05) is 31.9 Å². The lowest BCUT2D eigenvalue weighted by Gasteiger charge is -2.14. The minimum atomic E-state index is -3.20. The van der Waals surface area contributed by atoms with E-state index in [1.165, 1.54) is 14.9 Å². The van der Waals surface area contributed by atoms with E-state index in [1.54, 1.807) is 18.3 Å². The molecule has 0 bridgehead atoms. The largest absolute Gasteiger partial charge is 0.348 e. The Labute approximate surface area is 146 Å². The minimum Gasteiger partial charge on any atom is -0.348 e. The summed E-state index contributed by atoms with van der Waals surface area (Å²) in [5, 5.41) is 4.87. The Morgan fingerprint density at radius 3 is 2.44 bits per heavy atom. The average Bonchev–Trinajstić information content (AvgIpc) is 2.91. The first-order valence-corrected chi connectivity index (χ1v) is 9.70. The van der Waals surface area contributed by atoms with Gasteiger partial charge in [-0.25, -0.2) is 12.7 Å². The number of carbonyl (C=O) groups excluding carboxylic acids is 2. The van der Waals surface area contributed by atoms with Crippen molar-refractivity contribution in [2.24, 2.45) is 0 Å². The highest BCUT2D eigenvalue weighted by molar-refractivity contribution is 7.89. The lowest BCUT2D eigenvalue weighted by atomic mass is 10.3. The number of nitrogens with zero attached hydrogens (tertiary/aromatic N) is 2. The van der Waals surface area contributed by atoms with E-state index in [-0.39, 0.29) is 30.9 Å². The first-order chi connectivity index (χ1) is 11.9. The van der Waals surface area contributed by atoms with Gasteiger partial charge in [0.25, 0.3) is 0 Å². The molecule has 1 fully saturated rings. The van der Waals surface area contributed by atoms with Gasteiger partial charge in [0.05, 0.1) is 5.75 Å². The van der Waals surface area contributed by atoms with Crippen LogP contribution in [0, 0.1) is 0 Å². The van der Waals surface area contributed by atoms with E-state index in [0.29, 0.717) is 25.9 Å². The van der Waals surface area contributed by atoms with Gasteiger partial charge < -0.3 is 15.2 Å². The zero-order valence-electron chi connectivity index (χ0n) is 13.8. The smallest absolute Gasteiger partial charge is 0.309 e. The summed E-state index contributed by atoms with van der Waals surface area (Å²) in [6.07, 6.45) is 2.75. The van der Waals surface area contributed by atoms with Crippen molar-refractivity contribution in [3.8, 4) is 0 Å². The van der Waals surface area contributed by atoms with Crippen molar-refractivity contribution >= 4 is 21.8 Å². The molecule has 2 N–H and O–H groups in total. The molecule has 0 atom stereocenters. The number of hydrogen-bond donors (Lipinski definition) is 2. The fourth-order valence-electron chi connectivity index (χ4n) is 2.49. The molecule has 2 rings (SSSR count). The van der Waals surface area contributed by atoms with Gasteiger partial charge in [0.1, 0.15) is 0 Å². The summed E-state index contributed by atoms with van der Waals surface area (Å²) in [5.74, 6) is -1.44. The zero-order chi connectivity index (χ0) is 18.3. The van der Waals surface area contributed by atoms with Gasteiger partial charge in [0.15, 0.2) is 0 Å². The van der Waals surface area contributed by atoms with E-state index in [4.69, 9.17) is 0 Å². The molecule has 0 radical (unpaired) electrons. The molecular formula is C15H22N4O5S. The van der Waals surface area contributed by atoms with E-state index in [0.717, 1.165) is 0 Å². The Hall–Kier alpha value is -2.20. The van der Waals surface area contributed by atoms with Crippen molar-refractivity contribution in [1.29, 1.82) is 0 Å². The molecule has 1 aromatic heterocycles. The molecule has 0 aliphatic carbocycles. The second-order valence-corrected chi connectivity index (χ2v) is 7.75. The Morgan fingerprint density at radius 2 is 1.80 bits per heavy atom. The van der Waals surface area contributed by atoms with E-state index >= 15 is 0 Å². The first-order valence-electron chi connectivity index (χ1n) is 8.09. The second-order valence-electron chi connectivity index (χ2n) is 5.67. The summed E-state index contributed by atoms with van der Waals surface area (Å²) < 4.78 is 26.0. The van der Waals surface area contributed by atoms with Crippen molar-refractivity contribution in [1.82, 2.24) is 19.5 Å². The molecule has 0 aromatic carbocycles.